The number of ether oxygens (including phenoxy) is 1. The third-order valence-corrected chi connectivity index (χ3v) is 4.84. The first-order valence-corrected chi connectivity index (χ1v) is 9.36. The molecule has 1 aromatic carbocycles. The van der Waals surface area contributed by atoms with Crippen LogP contribution in [0.5, 0.6) is 0 Å². The van der Waals surface area contributed by atoms with E-state index in [4.69, 9.17) is 9.84 Å². The van der Waals surface area contributed by atoms with Gasteiger partial charge < -0.3 is 15.2 Å². The molecule has 0 saturated heterocycles. The molecule has 0 spiro atoms. The predicted octanol–water partition coefficient (Wildman–Crippen LogP) is 0.0688. The fourth-order valence-corrected chi connectivity index (χ4v) is 3.02. The Morgan fingerprint density at radius 3 is 2.30 bits per heavy atom. The Balaban J connectivity index is 2.07. The second-order valence-corrected chi connectivity index (χ2v) is 7.09. The van der Waals surface area contributed by atoms with E-state index in [1.165, 1.54) is 49.7 Å². The number of amides is 2. The largest absolute Gasteiger partial charge is 0.390 e. The summed E-state index contributed by atoms with van der Waals surface area (Å²) in [5, 5.41) is 11.5. The maximum atomic E-state index is 12.3. The van der Waals surface area contributed by atoms with Gasteiger partial charge in [0, 0.05) is 25.4 Å². The first-order valence-electron chi connectivity index (χ1n) is 7.87. The molecular formula is C17H19N3O6S. The van der Waals surface area contributed by atoms with Crippen molar-refractivity contribution in [1.82, 2.24) is 15.0 Å². The van der Waals surface area contributed by atoms with E-state index in [1.54, 1.807) is 0 Å². The Morgan fingerprint density at radius 2 is 1.74 bits per heavy atom. The Morgan fingerprint density at radius 1 is 1.07 bits per heavy atom. The molecule has 0 radical (unpaired) electrons. The third kappa shape index (κ3) is 5.58. The summed E-state index contributed by atoms with van der Waals surface area (Å²) < 4.78 is 31.4. The minimum atomic E-state index is -4.12. The standard InChI is InChI=1S/C17H19N3O6S/c1-26-9-8-18-16(22)12-3-6-15(7-4-12)27(24,25)20-17(23)13-2-5-14(11-21)19-10-13/h2-7,10,21H,8-9,11H2,1H3,(H,18,22)(H,20,23). The minimum absolute atomic E-state index is 0.0323. The van der Waals surface area contributed by atoms with Gasteiger partial charge in [-0.05, 0) is 36.4 Å². The number of aliphatic hydroxyl groups is 1. The molecule has 144 valence electrons. The van der Waals surface area contributed by atoms with Crippen molar-refractivity contribution in [2.75, 3.05) is 20.3 Å². The summed E-state index contributed by atoms with van der Waals surface area (Å²) in [4.78, 5) is 27.6. The number of nitrogens with zero attached hydrogens (tertiary/aromatic N) is 1. The summed E-state index contributed by atoms with van der Waals surface area (Å²) in [6, 6.07) is 7.93. The topological polar surface area (TPSA) is 135 Å². The fraction of sp³-hybridized carbons (Fsp3) is 0.235. The van der Waals surface area contributed by atoms with Crippen molar-refractivity contribution in [3.8, 4) is 0 Å². The van der Waals surface area contributed by atoms with Crippen LogP contribution in [0.25, 0.3) is 0 Å². The number of methoxy groups -OCH3 is 1. The van der Waals surface area contributed by atoms with E-state index in [2.05, 4.69) is 10.3 Å². The molecule has 0 saturated carbocycles. The highest BCUT2D eigenvalue weighted by atomic mass is 32.2. The van der Waals surface area contributed by atoms with Crippen molar-refractivity contribution >= 4 is 21.8 Å². The maximum absolute atomic E-state index is 12.3. The molecule has 9 nitrogen and oxygen atoms in total. The van der Waals surface area contributed by atoms with Crippen LogP contribution in [0.15, 0.2) is 47.5 Å². The van der Waals surface area contributed by atoms with Crippen LogP contribution < -0.4 is 10.0 Å². The fourth-order valence-electron chi connectivity index (χ4n) is 2.05. The number of benzene rings is 1. The third-order valence-electron chi connectivity index (χ3n) is 3.49. The van der Waals surface area contributed by atoms with Crippen LogP contribution in [0.3, 0.4) is 0 Å². The van der Waals surface area contributed by atoms with E-state index in [0.717, 1.165) is 0 Å². The first kappa shape index (κ1) is 20.5. The van der Waals surface area contributed by atoms with Crippen LogP contribution in [0.2, 0.25) is 0 Å². The molecule has 3 N–H and O–H groups in total. The number of carbonyl (C=O) groups excluding carboxylic acids is 2. The Hall–Kier alpha value is -2.82. The van der Waals surface area contributed by atoms with Gasteiger partial charge in [-0.1, -0.05) is 0 Å². The molecule has 0 bridgehead atoms. The van der Waals surface area contributed by atoms with Crippen LogP contribution in [0.1, 0.15) is 26.4 Å². The molecule has 10 heteroatoms. The Kier molecular flexibility index (Phi) is 6.99. The summed E-state index contributed by atoms with van der Waals surface area (Å²) in [7, 11) is -2.60. The van der Waals surface area contributed by atoms with Crippen molar-refractivity contribution < 1.29 is 27.9 Å². The predicted molar refractivity (Wildman–Crippen MR) is 95.5 cm³/mol. The van der Waals surface area contributed by atoms with Crippen LogP contribution in [0.4, 0.5) is 0 Å². The van der Waals surface area contributed by atoms with E-state index in [-0.39, 0.29) is 28.5 Å². The van der Waals surface area contributed by atoms with Gasteiger partial charge in [0.2, 0.25) is 0 Å². The second-order valence-electron chi connectivity index (χ2n) is 5.40. The van der Waals surface area contributed by atoms with E-state index in [9.17, 15) is 18.0 Å². The van der Waals surface area contributed by atoms with Crippen molar-refractivity contribution in [2.24, 2.45) is 0 Å². The first-order chi connectivity index (χ1) is 12.9. The zero-order valence-corrected chi connectivity index (χ0v) is 15.3. The summed E-state index contributed by atoms with van der Waals surface area (Å²) in [5.41, 5.74) is 0.666. The lowest BCUT2D eigenvalue weighted by atomic mass is 10.2. The quantitative estimate of drug-likeness (QED) is 0.540. The number of carbonyl (C=O) groups is 2. The van der Waals surface area contributed by atoms with Gasteiger partial charge in [0.25, 0.3) is 21.8 Å². The molecule has 0 aliphatic rings. The molecule has 1 aromatic heterocycles. The van der Waals surface area contributed by atoms with Gasteiger partial charge >= 0.3 is 0 Å². The van der Waals surface area contributed by atoms with Gasteiger partial charge in [0.05, 0.1) is 29.4 Å². The van der Waals surface area contributed by atoms with Crippen molar-refractivity contribution in [1.29, 1.82) is 0 Å². The Labute approximate surface area is 156 Å². The SMILES string of the molecule is COCCNC(=O)c1ccc(S(=O)(=O)NC(=O)c2ccc(CO)nc2)cc1. The summed E-state index contributed by atoms with van der Waals surface area (Å²) in [6.45, 7) is 0.401. The molecule has 2 rings (SSSR count). The molecule has 0 aliphatic carbocycles. The van der Waals surface area contributed by atoms with E-state index in [1.807, 2.05) is 4.72 Å². The normalized spacial score (nSPS) is 11.0. The molecule has 1 heterocycles. The molecule has 0 aliphatic heterocycles. The average Bonchev–Trinajstić information content (AvgIpc) is 2.68. The molecule has 2 aromatic rings. The van der Waals surface area contributed by atoms with Crippen molar-refractivity contribution in [2.45, 2.75) is 11.5 Å². The monoisotopic (exact) mass is 393 g/mol. The van der Waals surface area contributed by atoms with Gasteiger partial charge in [0.1, 0.15) is 0 Å². The summed E-state index contributed by atoms with van der Waals surface area (Å²) in [5.74, 6) is -1.22. The lowest BCUT2D eigenvalue weighted by molar-refractivity contribution is 0.0935. The molecule has 0 unspecified atom stereocenters. The number of pyridine rings is 1. The van der Waals surface area contributed by atoms with E-state index >= 15 is 0 Å². The number of aromatic nitrogens is 1. The maximum Gasteiger partial charge on any atom is 0.266 e. The highest BCUT2D eigenvalue weighted by Crippen LogP contribution is 2.12. The van der Waals surface area contributed by atoms with Crippen LogP contribution in [-0.4, -0.2) is 50.6 Å². The average molecular weight is 393 g/mol. The van der Waals surface area contributed by atoms with Crippen molar-refractivity contribution in [3.05, 3.63) is 59.4 Å². The zero-order valence-electron chi connectivity index (χ0n) is 14.5. The number of nitrogens with one attached hydrogen (secondary N) is 2. The minimum Gasteiger partial charge on any atom is -0.390 e. The van der Waals surface area contributed by atoms with E-state index < -0.39 is 15.9 Å². The summed E-state index contributed by atoms with van der Waals surface area (Å²) in [6.07, 6.45) is 1.17. The Bertz CT molecular complexity index is 895. The molecular weight excluding hydrogens is 374 g/mol. The number of sulfonamides is 1. The van der Waals surface area contributed by atoms with Crippen LogP contribution in [0, 0.1) is 0 Å². The highest BCUT2D eigenvalue weighted by molar-refractivity contribution is 7.90. The van der Waals surface area contributed by atoms with Crippen molar-refractivity contribution in [3.63, 3.8) is 0 Å². The van der Waals surface area contributed by atoms with Gasteiger partial charge in [0.15, 0.2) is 0 Å². The number of hydrogen-bond donors (Lipinski definition) is 3. The van der Waals surface area contributed by atoms with Gasteiger partial charge in [-0.25, -0.2) is 13.1 Å². The molecule has 0 fully saturated rings. The van der Waals surface area contributed by atoms with Crippen LogP contribution >= 0.6 is 0 Å². The second kappa shape index (κ2) is 9.21. The smallest absolute Gasteiger partial charge is 0.266 e. The molecule has 27 heavy (non-hydrogen) atoms. The summed E-state index contributed by atoms with van der Waals surface area (Å²) >= 11 is 0. The lowest BCUT2D eigenvalue weighted by Gasteiger charge is -2.08. The van der Waals surface area contributed by atoms with E-state index in [0.29, 0.717) is 18.8 Å². The van der Waals surface area contributed by atoms with Gasteiger partial charge in [-0.15, -0.1) is 0 Å². The highest BCUT2D eigenvalue weighted by Gasteiger charge is 2.19. The van der Waals surface area contributed by atoms with Crippen LogP contribution in [-0.2, 0) is 21.4 Å². The number of aliphatic hydroxyl groups excluding tert-OH is 1. The zero-order chi connectivity index (χ0) is 19.9. The van der Waals surface area contributed by atoms with Gasteiger partial charge in [-0.2, -0.15) is 0 Å². The van der Waals surface area contributed by atoms with Gasteiger partial charge in [-0.3, -0.25) is 14.6 Å². The number of hydrogen-bond acceptors (Lipinski definition) is 7. The number of rotatable bonds is 8. The lowest BCUT2D eigenvalue weighted by Crippen LogP contribution is -2.31. The molecule has 2 amide bonds. The molecule has 0 atom stereocenters.